The van der Waals surface area contributed by atoms with E-state index in [2.05, 4.69) is 0 Å². The minimum absolute atomic E-state index is 0.0601. The summed E-state index contributed by atoms with van der Waals surface area (Å²) in [7, 11) is -4.27. The van der Waals surface area contributed by atoms with Gasteiger partial charge in [-0.05, 0) is 66.2 Å². The molecule has 0 aliphatic carbocycles. The van der Waals surface area contributed by atoms with Crippen molar-refractivity contribution >= 4 is 16.1 Å². The third-order valence-electron chi connectivity index (χ3n) is 4.94. The van der Waals surface area contributed by atoms with Crippen molar-refractivity contribution in [2.45, 2.75) is 83.3 Å². The Labute approximate surface area is 202 Å². The number of rotatable bonds is 8. The molecule has 0 radical (unpaired) electrons. The molecule has 2 aromatic carbocycles. The van der Waals surface area contributed by atoms with Crippen molar-refractivity contribution in [2.24, 2.45) is 0 Å². The van der Waals surface area contributed by atoms with Crippen LogP contribution in [-0.2, 0) is 16.6 Å². The lowest BCUT2D eigenvalue weighted by atomic mass is 10.0. The fourth-order valence-electron chi connectivity index (χ4n) is 3.65. The monoisotopic (exact) mass is 492 g/mol. The van der Waals surface area contributed by atoms with Crippen LogP contribution in [0.1, 0.15) is 54.0 Å². The molecule has 2 aromatic rings. The van der Waals surface area contributed by atoms with Gasteiger partial charge in [-0.1, -0.05) is 36.4 Å². The zero-order valence-corrected chi connectivity index (χ0v) is 21.7. The number of aliphatic hydroxyl groups excluding tert-OH is 1. The minimum atomic E-state index is -4.27. The lowest BCUT2D eigenvalue weighted by Gasteiger charge is -2.45. The molecule has 0 aromatic heterocycles. The van der Waals surface area contributed by atoms with Crippen LogP contribution in [0.3, 0.4) is 0 Å². The summed E-state index contributed by atoms with van der Waals surface area (Å²) in [6.45, 7) is 11.8. The van der Waals surface area contributed by atoms with Gasteiger partial charge in [0.1, 0.15) is 17.5 Å². The quantitative estimate of drug-likeness (QED) is 0.524. The Morgan fingerprint density at radius 3 is 2.06 bits per heavy atom. The average Bonchev–Trinajstić information content (AvgIpc) is 2.68. The summed E-state index contributed by atoms with van der Waals surface area (Å²) in [6, 6.07) is 14.9. The summed E-state index contributed by atoms with van der Waals surface area (Å²) in [5.41, 5.74) is -0.881. The molecule has 0 spiro atoms. The van der Waals surface area contributed by atoms with Crippen LogP contribution >= 0.6 is 0 Å². The predicted octanol–water partition coefficient (Wildman–Crippen LogP) is 4.54. The maximum atomic E-state index is 14.0. The molecule has 0 saturated carbocycles. The fraction of sp³-hybridized carbons (Fsp3) is 0.480. The topological polar surface area (TPSA) is 107 Å². The largest absolute Gasteiger partial charge is 0.488 e. The predicted molar refractivity (Wildman–Crippen MR) is 131 cm³/mol. The van der Waals surface area contributed by atoms with E-state index in [9.17, 15) is 23.4 Å². The third kappa shape index (κ3) is 6.94. The van der Waals surface area contributed by atoms with E-state index in [0.717, 1.165) is 9.21 Å². The van der Waals surface area contributed by atoms with E-state index in [-0.39, 0.29) is 11.4 Å². The molecule has 2 N–H and O–H groups in total. The Morgan fingerprint density at radius 1 is 1.00 bits per heavy atom. The summed E-state index contributed by atoms with van der Waals surface area (Å²) in [5, 5.41) is 20.7. The highest BCUT2D eigenvalue weighted by molar-refractivity contribution is 7.89. The van der Waals surface area contributed by atoms with E-state index >= 15 is 0 Å². The molecule has 188 valence electrons. The van der Waals surface area contributed by atoms with Gasteiger partial charge in [0.15, 0.2) is 0 Å². The van der Waals surface area contributed by atoms with Crippen LogP contribution in [0.25, 0.3) is 0 Å². The number of amides is 1. The van der Waals surface area contributed by atoms with Crippen LogP contribution in [0.5, 0.6) is 5.75 Å². The molecule has 0 bridgehead atoms. The van der Waals surface area contributed by atoms with Crippen LogP contribution in [0.4, 0.5) is 4.79 Å². The van der Waals surface area contributed by atoms with Crippen LogP contribution in [0, 0.1) is 0 Å². The van der Waals surface area contributed by atoms with Gasteiger partial charge in [0, 0.05) is 18.2 Å². The molecular formula is C25H36N2O6S. The number of carbonyl (C=O) groups is 1. The Bertz CT molecular complexity index is 1070. The van der Waals surface area contributed by atoms with E-state index in [1.54, 1.807) is 63.2 Å². The van der Waals surface area contributed by atoms with E-state index in [1.165, 1.54) is 19.1 Å². The number of hydrogen-bond donors (Lipinski definition) is 2. The van der Waals surface area contributed by atoms with Gasteiger partial charge >= 0.3 is 6.09 Å². The average molecular weight is 493 g/mol. The molecule has 0 aliphatic rings. The maximum absolute atomic E-state index is 14.0. The highest BCUT2D eigenvalue weighted by atomic mass is 32.2. The number of nitrogens with zero attached hydrogens (tertiary/aromatic N) is 2. The first kappa shape index (κ1) is 27.6. The zero-order valence-electron chi connectivity index (χ0n) is 20.9. The van der Waals surface area contributed by atoms with Gasteiger partial charge in [0.25, 0.3) is 0 Å². The van der Waals surface area contributed by atoms with Gasteiger partial charge < -0.3 is 14.9 Å². The second kappa shape index (κ2) is 10.3. The second-order valence-electron chi connectivity index (χ2n) is 10.2. The second-order valence-corrected chi connectivity index (χ2v) is 12.1. The SMILES string of the molecule is C[C@@H](O)[C@@H](N(C(=O)O)C(C)(C)C)N(Cc1ccccc1)S(=O)(=O)c1cccc(OC(C)(C)C)c1. The molecule has 2 rings (SSSR count). The summed E-state index contributed by atoms with van der Waals surface area (Å²) in [4.78, 5) is 13.2. The van der Waals surface area contributed by atoms with Crippen LogP contribution in [0.2, 0.25) is 0 Å². The van der Waals surface area contributed by atoms with Gasteiger partial charge in [0.2, 0.25) is 10.0 Å². The van der Waals surface area contributed by atoms with Gasteiger partial charge in [-0.2, -0.15) is 4.31 Å². The van der Waals surface area contributed by atoms with Crippen LogP contribution < -0.4 is 4.74 Å². The molecule has 9 heteroatoms. The highest BCUT2D eigenvalue weighted by Gasteiger charge is 2.44. The van der Waals surface area contributed by atoms with Crippen molar-refractivity contribution in [3.8, 4) is 5.75 Å². The van der Waals surface area contributed by atoms with Crippen molar-refractivity contribution in [1.82, 2.24) is 9.21 Å². The molecule has 0 aliphatic heterocycles. The summed E-state index contributed by atoms with van der Waals surface area (Å²) in [5.74, 6) is 0.368. The number of sulfonamides is 1. The first-order valence-electron chi connectivity index (χ1n) is 11.1. The van der Waals surface area contributed by atoms with E-state index in [1.807, 2.05) is 20.8 Å². The lowest BCUT2D eigenvalue weighted by Crippen LogP contribution is -2.62. The van der Waals surface area contributed by atoms with E-state index < -0.39 is 39.5 Å². The van der Waals surface area contributed by atoms with Crippen LogP contribution in [-0.4, -0.2) is 57.3 Å². The molecule has 0 unspecified atom stereocenters. The molecule has 1 amide bonds. The zero-order chi connectivity index (χ0) is 25.9. The Balaban J connectivity index is 2.70. The number of ether oxygens (including phenoxy) is 1. The van der Waals surface area contributed by atoms with Crippen molar-refractivity contribution in [1.29, 1.82) is 0 Å². The standard InChI is InChI=1S/C25H36N2O6S/c1-18(28)22(27(23(29)30)24(2,3)4)26(17-19-12-9-8-10-13-19)34(31,32)21-15-11-14-20(16-21)33-25(5,6)7/h8-16,18,22,28H,17H2,1-7H3,(H,29,30)/t18-,22-/m1/s1. The lowest BCUT2D eigenvalue weighted by molar-refractivity contribution is -0.0355. The number of benzene rings is 2. The van der Waals surface area contributed by atoms with Crippen molar-refractivity contribution in [3.05, 3.63) is 60.2 Å². The molecule has 34 heavy (non-hydrogen) atoms. The highest BCUT2D eigenvalue weighted by Crippen LogP contribution is 2.31. The Kier molecular flexibility index (Phi) is 8.39. The van der Waals surface area contributed by atoms with Gasteiger partial charge in [-0.15, -0.1) is 0 Å². The summed E-state index contributed by atoms with van der Waals surface area (Å²) in [6.07, 6.45) is -4.03. The van der Waals surface area contributed by atoms with E-state index in [4.69, 9.17) is 4.74 Å². The molecule has 0 heterocycles. The fourth-order valence-corrected chi connectivity index (χ4v) is 5.31. The minimum Gasteiger partial charge on any atom is -0.488 e. The maximum Gasteiger partial charge on any atom is 0.409 e. The Hall–Kier alpha value is -2.62. The normalized spacial score (nSPS) is 14.5. The third-order valence-corrected chi connectivity index (χ3v) is 6.75. The first-order valence-corrected chi connectivity index (χ1v) is 12.5. The van der Waals surface area contributed by atoms with Crippen molar-refractivity contribution in [3.63, 3.8) is 0 Å². The van der Waals surface area contributed by atoms with Gasteiger partial charge in [-0.3, -0.25) is 4.90 Å². The van der Waals surface area contributed by atoms with Crippen LogP contribution in [0.15, 0.2) is 59.5 Å². The number of hydrogen-bond acceptors (Lipinski definition) is 5. The molecule has 2 atom stereocenters. The summed E-state index contributed by atoms with van der Waals surface area (Å²) >= 11 is 0. The smallest absolute Gasteiger partial charge is 0.409 e. The van der Waals surface area contributed by atoms with Gasteiger partial charge in [0.05, 0.1) is 11.0 Å². The van der Waals surface area contributed by atoms with E-state index in [0.29, 0.717) is 11.3 Å². The van der Waals surface area contributed by atoms with Crippen molar-refractivity contribution in [2.75, 3.05) is 0 Å². The summed E-state index contributed by atoms with van der Waals surface area (Å²) < 4.78 is 34.9. The Morgan fingerprint density at radius 2 is 1.59 bits per heavy atom. The number of carboxylic acid groups (broad SMARTS) is 1. The molecule has 8 nitrogen and oxygen atoms in total. The molecule has 0 fully saturated rings. The first-order chi connectivity index (χ1) is 15.5. The van der Waals surface area contributed by atoms with Gasteiger partial charge in [-0.25, -0.2) is 13.2 Å². The molecule has 0 saturated heterocycles. The molecular weight excluding hydrogens is 456 g/mol. The van der Waals surface area contributed by atoms with Crippen molar-refractivity contribution < 1.29 is 28.2 Å². The number of aliphatic hydroxyl groups is 1.